The summed E-state index contributed by atoms with van der Waals surface area (Å²) in [6.07, 6.45) is 9.95. The molecule has 0 atom stereocenters. The maximum Gasteiger partial charge on any atom is 0.0771 e. The van der Waals surface area contributed by atoms with Crippen LogP contribution in [0.1, 0.15) is 57.8 Å². The predicted molar refractivity (Wildman–Crippen MR) is 64.3 cm³/mol. The van der Waals surface area contributed by atoms with Gasteiger partial charge in [0.1, 0.15) is 0 Å². The third kappa shape index (κ3) is 2.76. The Bertz CT molecular complexity index is 212. The molecule has 0 amide bonds. The topological polar surface area (TPSA) is 52.5 Å². The van der Waals surface area contributed by atoms with E-state index in [0.717, 1.165) is 38.5 Å². The van der Waals surface area contributed by atoms with Gasteiger partial charge in [0.25, 0.3) is 0 Å². The molecular weight excluding hydrogens is 202 g/mol. The van der Waals surface area contributed by atoms with Crippen LogP contribution in [0.15, 0.2) is 0 Å². The molecule has 16 heavy (non-hydrogen) atoms. The average molecular weight is 227 g/mol. The first-order chi connectivity index (χ1) is 7.68. The molecule has 0 aromatic heterocycles. The SMILES string of the molecule is OCC1(NCC2(O)CCCCCC2)CCC1. The first-order valence-electron chi connectivity index (χ1n) is 6.76. The van der Waals surface area contributed by atoms with E-state index < -0.39 is 5.60 Å². The number of rotatable bonds is 4. The molecule has 0 radical (unpaired) electrons. The second-order valence-electron chi connectivity index (χ2n) is 5.78. The monoisotopic (exact) mass is 227 g/mol. The summed E-state index contributed by atoms with van der Waals surface area (Å²) in [6.45, 7) is 0.872. The van der Waals surface area contributed by atoms with Gasteiger partial charge in [0.05, 0.1) is 12.2 Å². The van der Waals surface area contributed by atoms with Crippen molar-refractivity contribution in [1.29, 1.82) is 0 Å². The van der Waals surface area contributed by atoms with Crippen LogP contribution in [0.4, 0.5) is 0 Å². The fraction of sp³-hybridized carbons (Fsp3) is 1.00. The quantitative estimate of drug-likeness (QED) is 0.639. The van der Waals surface area contributed by atoms with Crippen molar-refractivity contribution in [3.05, 3.63) is 0 Å². The summed E-state index contributed by atoms with van der Waals surface area (Å²) >= 11 is 0. The Labute approximate surface area is 98.2 Å². The number of hydrogen-bond acceptors (Lipinski definition) is 3. The summed E-state index contributed by atoms with van der Waals surface area (Å²) in [5.74, 6) is 0. The van der Waals surface area contributed by atoms with Gasteiger partial charge in [0.15, 0.2) is 0 Å². The van der Waals surface area contributed by atoms with Crippen molar-refractivity contribution in [3.63, 3.8) is 0 Å². The van der Waals surface area contributed by atoms with Gasteiger partial charge in [-0.2, -0.15) is 0 Å². The maximum absolute atomic E-state index is 10.5. The number of nitrogens with one attached hydrogen (secondary N) is 1. The van der Waals surface area contributed by atoms with Gasteiger partial charge in [0, 0.05) is 12.1 Å². The second-order valence-corrected chi connectivity index (χ2v) is 5.78. The molecule has 0 aliphatic heterocycles. The van der Waals surface area contributed by atoms with Gasteiger partial charge in [-0.15, -0.1) is 0 Å². The third-order valence-electron chi connectivity index (χ3n) is 4.44. The number of hydrogen-bond donors (Lipinski definition) is 3. The van der Waals surface area contributed by atoms with E-state index in [9.17, 15) is 10.2 Å². The molecule has 3 heteroatoms. The molecule has 2 aliphatic rings. The van der Waals surface area contributed by atoms with Crippen LogP contribution in [0.2, 0.25) is 0 Å². The first-order valence-corrected chi connectivity index (χ1v) is 6.76. The Balaban J connectivity index is 1.82. The largest absolute Gasteiger partial charge is 0.394 e. The minimum absolute atomic E-state index is 0.0674. The van der Waals surface area contributed by atoms with Crippen molar-refractivity contribution in [3.8, 4) is 0 Å². The van der Waals surface area contributed by atoms with Gasteiger partial charge in [-0.1, -0.05) is 25.7 Å². The summed E-state index contributed by atoms with van der Waals surface area (Å²) in [5.41, 5.74) is -0.587. The molecule has 3 nitrogen and oxygen atoms in total. The van der Waals surface area contributed by atoms with E-state index in [1.165, 1.54) is 19.3 Å². The highest BCUT2D eigenvalue weighted by Crippen LogP contribution is 2.33. The van der Waals surface area contributed by atoms with Crippen LogP contribution < -0.4 is 5.32 Å². The molecule has 2 fully saturated rings. The fourth-order valence-corrected chi connectivity index (χ4v) is 2.91. The van der Waals surface area contributed by atoms with Gasteiger partial charge in [0.2, 0.25) is 0 Å². The number of aliphatic hydroxyl groups is 2. The Morgan fingerprint density at radius 1 is 0.875 bits per heavy atom. The molecule has 0 aromatic rings. The molecule has 0 bridgehead atoms. The average Bonchev–Trinajstić information content (AvgIpc) is 2.43. The van der Waals surface area contributed by atoms with E-state index in [1.807, 2.05) is 0 Å². The lowest BCUT2D eigenvalue weighted by atomic mass is 9.76. The lowest BCUT2D eigenvalue weighted by Gasteiger charge is -2.43. The Hall–Kier alpha value is -0.120. The van der Waals surface area contributed by atoms with Crippen LogP contribution in [0.3, 0.4) is 0 Å². The Morgan fingerprint density at radius 2 is 1.50 bits per heavy atom. The minimum Gasteiger partial charge on any atom is -0.394 e. The summed E-state index contributed by atoms with van der Waals surface area (Å²) in [5, 5.41) is 23.3. The summed E-state index contributed by atoms with van der Waals surface area (Å²) in [4.78, 5) is 0. The zero-order valence-electron chi connectivity index (χ0n) is 10.2. The molecule has 0 aromatic carbocycles. The fourth-order valence-electron chi connectivity index (χ4n) is 2.91. The molecule has 2 saturated carbocycles. The molecule has 3 N–H and O–H groups in total. The number of β-amino-alcohol motifs (C(OH)–C–C–N with tert-alkyl or cyclic N) is 1. The van der Waals surface area contributed by atoms with Gasteiger partial charge in [-0.05, 0) is 32.1 Å². The van der Waals surface area contributed by atoms with E-state index in [2.05, 4.69) is 5.32 Å². The van der Waals surface area contributed by atoms with E-state index in [4.69, 9.17) is 0 Å². The lowest BCUT2D eigenvalue weighted by molar-refractivity contribution is -0.000325. The van der Waals surface area contributed by atoms with Gasteiger partial charge < -0.3 is 15.5 Å². The molecule has 0 spiro atoms. The smallest absolute Gasteiger partial charge is 0.0771 e. The molecule has 2 aliphatic carbocycles. The zero-order chi connectivity index (χ0) is 11.5. The highest BCUT2D eigenvalue weighted by atomic mass is 16.3. The van der Waals surface area contributed by atoms with Crippen LogP contribution in [-0.4, -0.2) is 34.5 Å². The van der Waals surface area contributed by atoms with Crippen LogP contribution in [-0.2, 0) is 0 Å². The summed E-state index contributed by atoms with van der Waals surface area (Å²) < 4.78 is 0. The second kappa shape index (κ2) is 5.03. The van der Waals surface area contributed by atoms with E-state index >= 15 is 0 Å². The first kappa shape index (κ1) is 12.3. The van der Waals surface area contributed by atoms with Crippen LogP contribution in [0, 0.1) is 0 Å². The molecule has 94 valence electrons. The molecule has 0 saturated heterocycles. The van der Waals surface area contributed by atoms with Gasteiger partial charge in [-0.25, -0.2) is 0 Å². The molecule has 0 heterocycles. The van der Waals surface area contributed by atoms with Gasteiger partial charge in [-0.3, -0.25) is 0 Å². The standard InChI is InChI=1S/C13H25NO2/c15-11-12(6-5-7-12)14-10-13(16)8-3-1-2-4-9-13/h14-16H,1-11H2. The van der Waals surface area contributed by atoms with Crippen LogP contribution in [0.5, 0.6) is 0 Å². The van der Waals surface area contributed by atoms with Crippen LogP contribution >= 0.6 is 0 Å². The van der Waals surface area contributed by atoms with Crippen molar-refractivity contribution in [2.75, 3.05) is 13.2 Å². The van der Waals surface area contributed by atoms with E-state index in [1.54, 1.807) is 0 Å². The van der Waals surface area contributed by atoms with Crippen molar-refractivity contribution in [2.45, 2.75) is 68.9 Å². The summed E-state index contributed by atoms with van der Waals surface area (Å²) in [7, 11) is 0. The third-order valence-corrected chi connectivity index (χ3v) is 4.44. The zero-order valence-corrected chi connectivity index (χ0v) is 10.2. The number of aliphatic hydroxyl groups excluding tert-OH is 1. The summed E-state index contributed by atoms with van der Waals surface area (Å²) in [6, 6.07) is 0. The van der Waals surface area contributed by atoms with Crippen molar-refractivity contribution in [1.82, 2.24) is 5.32 Å². The van der Waals surface area contributed by atoms with E-state index in [0.29, 0.717) is 6.54 Å². The Morgan fingerprint density at radius 3 is 1.94 bits per heavy atom. The highest BCUT2D eigenvalue weighted by Gasteiger charge is 2.38. The highest BCUT2D eigenvalue weighted by molar-refractivity contribution is 4.97. The van der Waals surface area contributed by atoms with Gasteiger partial charge >= 0.3 is 0 Å². The molecular formula is C13H25NO2. The van der Waals surface area contributed by atoms with Crippen molar-refractivity contribution >= 4 is 0 Å². The normalized spacial score (nSPS) is 28.1. The minimum atomic E-state index is -0.520. The van der Waals surface area contributed by atoms with Crippen molar-refractivity contribution in [2.24, 2.45) is 0 Å². The lowest BCUT2D eigenvalue weighted by Crippen LogP contribution is -2.58. The Kier molecular flexibility index (Phi) is 3.88. The predicted octanol–water partition coefficient (Wildman–Crippen LogP) is 1.58. The molecule has 0 unspecified atom stereocenters. The molecule has 2 rings (SSSR count). The van der Waals surface area contributed by atoms with Crippen LogP contribution in [0.25, 0.3) is 0 Å². The van der Waals surface area contributed by atoms with Crippen molar-refractivity contribution < 1.29 is 10.2 Å². The maximum atomic E-state index is 10.5. The van der Waals surface area contributed by atoms with E-state index in [-0.39, 0.29) is 12.1 Å².